The molecule has 3 aliphatic carbocycles. The molecule has 4 rings (SSSR count). The summed E-state index contributed by atoms with van der Waals surface area (Å²) in [4.78, 5) is 19.4. The minimum Gasteiger partial charge on any atom is -0.390 e. The van der Waals surface area contributed by atoms with Crippen LogP contribution in [0.25, 0.3) is 0 Å². The summed E-state index contributed by atoms with van der Waals surface area (Å²) in [5.74, 6) is 0.462. The summed E-state index contributed by atoms with van der Waals surface area (Å²) in [5.41, 5.74) is 5.69. The molecule has 0 aromatic heterocycles. The lowest BCUT2D eigenvalue weighted by Crippen LogP contribution is -2.59. The Morgan fingerprint density at radius 2 is 1.66 bits per heavy atom. The van der Waals surface area contributed by atoms with Gasteiger partial charge in [-0.25, -0.2) is 0 Å². The van der Waals surface area contributed by atoms with Crippen LogP contribution in [0.2, 0.25) is 0 Å². The lowest BCUT2D eigenvalue weighted by Gasteiger charge is -2.42. The zero-order valence-electron chi connectivity index (χ0n) is 17.4. The van der Waals surface area contributed by atoms with Crippen molar-refractivity contribution in [1.29, 1.82) is 0 Å². The van der Waals surface area contributed by atoms with Crippen LogP contribution in [0.15, 0.2) is 4.99 Å². The lowest BCUT2D eigenvalue weighted by atomic mass is 9.79. The van der Waals surface area contributed by atoms with Crippen LogP contribution in [-0.4, -0.2) is 62.8 Å². The van der Waals surface area contributed by atoms with Crippen LogP contribution in [-0.2, 0) is 4.79 Å². The van der Waals surface area contributed by atoms with Crippen molar-refractivity contribution < 1.29 is 15.0 Å². The third-order valence-corrected chi connectivity index (χ3v) is 9.03. The Hall–Kier alpha value is -0.790. The molecule has 4 aliphatic rings. The highest BCUT2D eigenvalue weighted by molar-refractivity contribution is 8.14. The minimum absolute atomic E-state index is 0.111. The Morgan fingerprint density at radius 1 is 1.03 bits per heavy atom. The fraction of sp³-hybridized carbons (Fsp3) is 0.909. The number of fused-ring (bicyclic) bond motifs is 1. The van der Waals surface area contributed by atoms with Gasteiger partial charge >= 0.3 is 0 Å². The third-order valence-electron chi connectivity index (χ3n) is 7.57. The van der Waals surface area contributed by atoms with Gasteiger partial charge in [-0.1, -0.05) is 50.3 Å². The third kappa shape index (κ3) is 4.77. The minimum atomic E-state index is -0.902. The topological polar surface area (TPSA) is 99.2 Å². The van der Waals surface area contributed by atoms with Crippen LogP contribution in [0.4, 0.5) is 0 Å². The van der Waals surface area contributed by atoms with Crippen molar-refractivity contribution in [3.63, 3.8) is 0 Å². The largest absolute Gasteiger partial charge is 0.390 e. The number of carbonyl (C=O) groups is 1. The van der Waals surface area contributed by atoms with Gasteiger partial charge in [0, 0.05) is 18.3 Å². The Morgan fingerprint density at radius 3 is 2.28 bits per heavy atom. The number of hydrogen-bond donors (Lipinski definition) is 3. The first-order valence-electron chi connectivity index (χ1n) is 11.7. The van der Waals surface area contributed by atoms with E-state index in [2.05, 4.69) is 4.90 Å². The van der Waals surface area contributed by atoms with E-state index in [1.54, 1.807) is 11.8 Å². The van der Waals surface area contributed by atoms with Crippen molar-refractivity contribution in [3.05, 3.63) is 0 Å². The Kier molecular flexibility index (Phi) is 7.07. The zero-order valence-corrected chi connectivity index (χ0v) is 18.2. The number of aliphatic imine (C=N–C) groups is 1. The van der Waals surface area contributed by atoms with Gasteiger partial charge in [0.1, 0.15) is 6.10 Å². The molecule has 0 bridgehead atoms. The Bertz CT molecular complexity index is 604. The van der Waals surface area contributed by atoms with Gasteiger partial charge in [-0.15, -0.1) is 0 Å². The van der Waals surface area contributed by atoms with E-state index in [1.807, 2.05) is 0 Å². The van der Waals surface area contributed by atoms with Crippen molar-refractivity contribution in [2.24, 2.45) is 28.5 Å². The number of amidine groups is 1. The van der Waals surface area contributed by atoms with E-state index in [4.69, 9.17) is 10.7 Å². The monoisotopic (exact) mass is 423 g/mol. The number of carbonyl (C=O) groups excluding carboxylic acids is 1. The second-order valence-electron chi connectivity index (χ2n) is 9.66. The molecule has 0 radical (unpaired) electrons. The normalized spacial score (nSPS) is 38.3. The van der Waals surface area contributed by atoms with Crippen molar-refractivity contribution in [2.75, 3.05) is 13.1 Å². The molecular formula is C22H37N3O3S. The number of hydrogen-bond acceptors (Lipinski definition) is 5. The average molecular weight is 424 g/mol. The first-order valence-corrected chi connectivity index (χ1v) is 12.6. The number of aliphatic hydroxyl groups is 2. The molecule has 7 heteroatoms. The van der Waals surface area contributed by atoms with E-state index in [0.29, 0.717) is 11.8 Å². The van der Waals surface area contributed by atoms with Gasteiger partial charge < -0.3 is 20.8 Å². The zero-order chi connectivity index (χ0) is 20.4. The number of aliphatic hydroxyl groups excluding tert-OH is 2. The fourth-order valence-corrected chi connectivity index (χ4v) is 7.44. The standard InChI is InChI=1S/C22H37N3O3S/c23-21(28)16-11-17(26)19(27)18-20(16)29-22(24-12-14-7-3-1-4-8-14)25(18)13-15-9-5-2-6-10-15/h14-20,26-27H,1-13H2,(H2,23,28). The molecule has 1 saturated heterocycles. The number of nitrogens with zero attached hydrogens (tertiary/aromatic N) is 2. The van der Waals surface area contributed by atoms with E-state index in [1.165, 1.54) is 64.2 Å². The highest BCUT2D eigenvalue weighted by Crippen LogP contribution is 2.45. The summed E-state index contributed by atoms with van der Waals surface area (Å²) in [5, 5.41) is 22.2. The summed E-state index contributed by atoms with van der Waals surface area (Å²) in [6, 6.07) is -0.270. The lowest BCUT2D eigenvalue weighted by molar-refractivity contribution is -0.128. The summed E-state index contributed by atoms with van der Waals surface area (Å²) in [7, 11) is 0. The number of nitrogens with two attached hydrogens (primary N) is 1. The maximum Gasteiger partial charge on any atom is 0.221 e. The van der Waals surface area contributed by atoms with E-state index >= 15 is 0 Å². The summed E-state index contributed by atoms with van der Waals surface area (Å²) in [6.07, 6.45) is 11.2. The highest BCUT2D eigenvalue weighted by Gasteiger charge is 2.54. The smallest absolute Gasteiger partial charge is 0.221 e. The van der Waals surface area contributed by atoms with Crippen LogP contribution in [0.1, 0.15) is 70.6 Å². The molecule has 4 fully saturated rings. The molecule has 5 unspecified atom stereocenters. The summed E-state index contributed by atoms with van der Waals surface area (Å²) in [6.45, 7) is 1.70. The van der Waals surface area contributed by atoms with E-state index < -0.39 is 18.1 Å². The molecule has 1 heterocycles. The maximum absolute atomic E-state index is 12.1. The van der Waals surface area contributed by atoms with E-state index in [0.717, 1.165) is 18.3 Å². The molecule has 1 aliphatic heterocycles. The SMILES string of the molecule is NC(=O)C1CC(O)C(O)C2C1SC(=NCC1CCCCC1)N2CC1CCCCC1. The van der Waals surface area contributed by atoms with Gasteiger partial charge in [0.25, 0.3) is 0 Å². The molecule has 3 saturated carbocycles. The van der Waals surface area contributed by atoms with Crippen LogP contribution in [0.5, 0.6) is 0 Å². The van der Waals surface area contributed by atoms with Gasteiger partial charge in [0.05, 0.1) is 18.1 Å². The molecule has 0 aromatic rings. The van der Waals surface area contributed by atoms with Crippen molar-refractivity contribution >= 4 is 22.8 Å². The summed E-state index contributed by atoms with van der Waals surface area (Å²) < 4.78 is 0. The van der Waals surface area contributed by atoms with Gasteiger partial charge in [-0.3, -0.25) is 9.79 Å². The number of amides is 1. The average Bonchev–Trinajstić information content (AvgIpc) is 3.09. The van der Waals surface area contributed by atoms with Crippen LogP contribution >= 0.6 is 11.8 Å². The highest BCUT2D eigenvalue weighted by atomic mass is 32.2. The predicted molar refractivity (Wildman–Crippen MR) is 117 cm³/mol. The van der Waals surface area contributed by atoms with Gasteiger partial charge in [-0.2, -0.15) is 0 Å². The van der Waals surface area contributed by atoms with Crippen LogP contribution < -0.4 is 5.73 Å². The van der Waals surface area contributed by atoms with Crippen LogP contribution in [0, 0.1) is 17.8 Å². The van der Waals surface area contributed by atoms with Gasteiger partial charge in [0.2, 0.25) is 5.91 Å². The molecule has 0 aromatic carbocycles. The van der Waals surface area contributed by atoms with E-state index in [-0.39, 0.29) is 23.6 Å². The van der Waals surface area contributed by atoms with E-state index in [9.17, 15) is 15.0 Å². The first kappa shape index (κ1) is 21.4. The van der Waals surface area contributed by atoms with Crippen LogP contribution in [0.3, 0.4) is 0 Å². The number of rotatable bonds is 5. The molecule has 6 nitrogen and oxygen atoms in total. The quantitative estimate of drug-likeness (QED) is 0.631. The van der Waals surface area contributed by atoms with Gasteiger partial charge in [0.15, 0.2) is 5.17 Å². The molecule has 1 amide bonds. The predicted octanol–water partition coefficient (Wildman–Crippen LogP) is 2.52. The number of thioether (sulfide) groups is 1. The molecule has 29 heavy (non-hydrogen) atoms. The second kappa shape index (κ2) is 9.56. The first-order chi connectivity index (χ1) is 14.0. The van der Waals surface area contributed by atoms with Crippen molar-refractivity contribution in [2.45, 2.75) is 94.1 Å². The van der Waals surface area contributed by atoms with Gasteiger partial charge in [-0.05, 0) is 43.9 Å². The molecule has 4 N–H and O–H groups in total. The molecule has 0 spiro atoms. The molecule has 164 valence electrons. The van der Waals surface area contributed by atoms with Crippen molar-refractivity contribution in [1.82, 2.24) is 4.90 Å². The fourth-order valence-electron chi connectivity index (χ4n) is 5.85. The molecule has 5 atom stereocenters. The second-order valence-corrected chi connectivity index (χ2v) is 10.8. The summed E-state index contributed by atoms with van der Waals surface area (Å²) >= 11 is 1.63. The Labute approximate surface area is 178 Å². The number of primary amides is 1. The Balaban J connectivity index is 1.56. The van der Waals surface area contributed by atoms with Crippen molar-refractivity contribution in [3.8, 4) is 0 Å². The molecular weight excluding hydrogens is 386 g/mol. The maximum atomic E-state index is 12.1.